The van der Waals surface area contributed by atoms with Crippen molar-refractivity contribution in [2.45, 2.75) is 66.0 Å². The number of ketones is 1. The maximum Gasteiger partial charge on any atom is 0.295 e. The lowest BCUT2D eigenvalue weighted by Gasteiger charge is -2.25. The second-order valence-electron chi connectivity index (χ2n) is 9.66. The quantitative estimate of drug-likeness (QED) is 0.182. The van der Waals surface area contributed by atoms with Crippen LogP contribution in [0.2, 0.25) is 0 Å². The fourth-order valence-electron chi connectivity index (χ4n) is 4.12. The molecule has 3 rings (SSSR count). The first-order valence-corrected chi connectivity index (χ1v) is 12.5. The van der Waals surface area contributed by atoms with Crippen molar-refractivity contribution < 1.29 is 24.2 Å². The summed E-state index contributed by atoms with van der Waals surface area (Å²) in [5.74, 6) is 0.378. The van der Waals surface area contributed by atoms with E-state index in [0.717, 1.165) is 24.8 Å². The van der Waals surface area contributed by atoms with Gasteiger partial charge in [0.2, 0.25) is 0 Å². The molecule has 0 saturated carbocycles. The molecule has 1 aliphatic heterocycles. The molecule has 0 bridgehead atoms. The Kier molecular flexibility index (Phi) is 8.96. The van der Waals surface area contributed by atoms with Gasteiger partial charge in [0.15, 0.2) is 0 Å². The number of rotatable bonds is 11. The number of likely N-dealkylation sites (tertiary alicyclic amines) is 1. The summed E-state index contributed by atoms with van der Waals surface area (Å²) in [5, 5.41) is 11.2. The van der Waals surface area contributed by atoms with Gasteiger partial charge in [-0.05, 0) is 68.1 Å². The second kappa shape index (κ2) is 11.9. The average molecular weight is 480 g/mol. The summed E-state index contributed by atoms with van der Waals surface area (Å²) < 4.78 is 11.5. The molecule has 0 spiro atoms. The summed E-state index contributed by atoms with van der Waals surface area (Å²) in [6.07, 6.45) is 2.78. The number of hydrogen-bond acceptors (Lipinski definition) is 5. The van der Waals surface area contributed by atoms with E-state index in [1.54, 1.807) is 29.2 Å². The summed E-state index contributed by atoms with van der Waals surface area (Å²) in [6.45, 7) is 11.2. The molecule has 1 saturated heterocycles. The van der Waals surface area contributed by atoms with Gasteiger partial charge in [0.25, 0.3) is 11.7 Å². The van der Waals surface area contributed by atoms with Crippen molar-refractivity contribution in [1.29, 1.82) is 0 Å². The first kappa shape index (κ1) is 26.3. The lowest BCUT2D eigenvalue weighted by atomic mass is 9.95. The third-order valence-corrected chi connectivity index (χ3v) is 5.82. The molecule has 0 aromatic heterocycles. The molecule has 1 heterocycles. The SMILES string of the molecule is CCCCCN1C(=O)C(=O)/C(=C(\O)c2ccc(OCC(C)C)cc2)C1c1ccc(OC(C)C)cc1. The molecule has 1 fully saturated rings. The van der Waals surface area contributed by atoms with E-state index in [2.05, 4.69) is 20.8 Å². The first-order valence-electron chi connectivity index (χ1n) is 12.5. The molecule has 188 valence electrons. The summed E-state index contributed by atoms with van der Waals surface area (Å²) in [5.41, 5.74) is 1.34. The van der Waals surface area contributed by atoms with Crippen LogP contribution < -0.4 is 9.47 Å². The van der Waals surface area contributed by atoms with Crippen LogP contribution in [0.5, 0.6) is 11.5 Å². The molecule has 0 radical (unpaired) electrons. The van der Waals surface area contributed by atoms with Gasteiger partial charge in [-0.15, -0.1) is 0 Å². The van der Waals surface area contributed by atoms with Crippen molar-refractivity contribution in [3.63, 3.8) is 0 Å². The topological polar surface area (TPSA) is 76.1 Å². The number of hydrogen-bond donors (Lipinski definition) is 1. The largest absolute Gasteiger partial charge is 0.507 e. The molecule has 1 atom stereocenters. The fourth-order valence-corrected chi connectivity index (χ4v) is 4.12. The number of ether oxygens (including phenoxy) is 2. The van der Waals surface area contributed by atoms with Crippen LogP contribution in [0.1, 0.15) is 71.0 Å². The van der Waals surface area contributed by atoms with E-state index in [4.69, 9.17) is 9.47 Å². The van der Waals surface area contributed by atoms with Crippen molar-refractivity contribution in [2.75, 3.05) is 13.2 Å². The maximum absolute atomic E-state index is 13.1. The van der Waals surface area contributed by atoms with Crippen molar-refractivity contribution in [1.82, 2.24) is 4.90 Å². The minimum absolute atomic E-state index is 0.0352. The molecule has 1 N–H and O–H groups in total. The zero-order chi connectivity index (χ0) is 25.5. The lowest BCUT2D eigenvalue weighted by molar-refractivity contribution is -0.139. The minimum atomic E-state index is -0.661. The Hall–Kier alpha value is -3.28. The van der Waals surface area contributed by atoms with Gasteiger partial charge in [0.1, 0.15) is 17.3 Å². The van der Waals surface area contributed by atoms with Crippen molar-refractivity contribution in [3.05, 3.63) is 65.2 Å². The Labute approximate surface area is 208 Å². The third-order valence-electron chi connectivity index (χ3n) is 5.82. The zero-order valence-corrected chi connectivity index (χ0v) is 21.4. The second-order valence-corrected chi connectivity index (χ2v) is 9.66. The number of unbranched alkanes of at least 4 members (excludes halogenated alkanes) is 2. The van der Waals surface area contributed by atoms with E-state index in [-0.39, 0.29) is 17.4 Å². The summed E-state index contributed by atoms with van der Waals surface area (Å²) >= 11 is 0. The molecule has 1 aliphatic rings. The van der Waals surface area contributed by atoms with Gasteiger partial charge >= 0.3 is 0 Å². The van der Waals surface area contributed by atoms with E-state index in [1.807, 2.05) is 38.1 Å². The van der Waals surface area contributed by atoms with Crippen LogP contribution in [0.4, 0.5) is 0 Å². The average Bonchev–Trinajstić information content (AvgIpc) is 3.08. The van der Waals surface area contributed by atoms with Crippen molar-refractivity contribution in [2.24, 2.45) is 5.92 Å². The highest BCUT2D eigenvalue weighted by Crippen LogP contribution is 2.40. The molecule has 1 unspecified atom stereocenters. The van der Waals surface area contributed by atoms with Crippen LogP contribution in [-0.4, -0.2) is 41.0 Å². The van der Waals surface area contributed by atoms with Crippen molar-refractivity contribution in [3.8, 4) is 11.5 Å². The number of Topliss-reactive ketones (excluding diaryl/α,β-unsaturated/α-hetero) is 1. The van der Waals surface area contributed by atoms with Crippen LogP contribution in [0.3, 0.4) is 0 Å². The van der Waals surface area contributed by atoms with E-state index in [0.29, 0.717) is 36.1 Å². The molecule has 6 heteroatoms. The summed E-state index contributed by atoms with van der Waals surface area (Å²) in [7, 11) is 0. The van der Waals surface area contributed by atoms with Crippen LogP contribution in [0, 0.1) is 5.92 Å². The highest BCUT2D eigenvalue weighted by atomic mass is 16.5. The van der Waals surface area contributed by atoms with E-state index in [1.165, 1.54) is 0 Å². The van der Waals surface area contributed by atoms with E-state index in [9.17, 15) is 14.7 Å². The number of benzene rings is 2. The smallest absolute Gasteiger partial charge is 0.295 e. The Morgan fingerprint density at radius 1 is 0.943 bits per heavy atom. The molecular formula is C29H37NO5. The number of carbonyl (C=O) groups excluding carboxylic acids is 2. The maximum atomic E-state index is 13.1. The van der Waals surface area contributed by atoms with Crippen LogP contribution in [0.25, 0.3) is 5.76 Å². The Morgan fingerprint density at radius 3 is 2.14 bits per heavy atom. The number of carbonyl (C=O) groups is 2. The van der Waals surface area contributed by atoms with Gasteiger partial charge in [-0.3, -0.25) is 9.59 Å². The zero-order valence-electron chi connectivity index (χ0n) is 21.4. The Bertz CT molecular complexity index is 1040. The molecule has 6 nitrogen and oxygen atoms in total. The van der Waals surface area contributed by atoms with Crippen LogP contribution in [-0.2, 0) is 9.59 Å². The number of amides is 1. The van der Waals surface area contributed by atoms with Gasteiger partial charge in [0.05, 0.1) is 24.3 Å². The normalized spacial score (nSPS) is 17.5. The molecule has 2 aromatic rings. The molecule has 0 aliphatic carbocycles. The van der Waals surface area contributed by atoms with Crippen LogP contribution in [0.15, 0.2) is 54.1 Å². The van der Waals surface area contributed by atoms with Gasteiger partial charge in [0, 0.05) is 12.1 Å². The predicted octanol–water partition coefficient (Wildman–Crippen LogP) is 6.12. The predicted molar refractivity (Wildman–Crippen MR) is 138 cm³/mol. The van der Waals surface area contributed by atoms with Gasteiger partial charge < -0.3 is 19.5 Å². The van der Waals surface area contributed by atoms with Crippen LogP contribution >= 0.6 is 0 Å². The van der Waals surface area contributed by atoms with Gasteiger partial charge in [-0.25, -0.2) is 0 Å². The number of nitrogens with zero attached hydrogens (tertiary/aromatic N) is 1. The minimum Gasteiger partial charge on any atom is -0.507 e. The number of aliphatic hydroxyl groups is 1. The number of aliphatic hydroxyl groups excluding tert-OH is 1. The molecular weight excluding hydrogens is 442 g/mol. The first-order chi connectivity index (χ1) is 16.7. The Balaban J connectivity index is 1.99. The van der Waals surface area contributed by atoms with Gasteiger partial charge in [-0.1, -0.05) is 45.7 Å². The fraction of sp³-hybridized carbons (Fsp3) is 0.448. The van der Waals surface area contributed by atoms with Crippen molar-refractivity contribution >= 4 is 17.4 Å². The molecule has 2 aromatic carbocycles. The monoisotopic (exact) mass is 479 g/mol. The summed E-state index contributed by atoms with van der Waals surface area (Å²) in [6, 6.07) is 13.7. The standard InChI is InChI=1S/C29H37NO5/c1-6-7-8-17-30-26(21-9-15-24(16-10-21)35-20(4)5)25(28(32)29(30)33)27(31)22-11-13-23(14-12-22)34-18-19(2)3/h9-16,19-20,26,31H,6-8,17-18H2,1-5H3/b27-25-. The molecule has 35 heavy (non-hydrogen) atoms. The van der Waals surface area contributed by atoms with E-state index < -0.39 is 17.7 Å². The lowest BCUT2D eigenvalue weighted by Crippen LogP contribution is -2.30. The Morgan fingerprint density at radius 2 is 1.57 bits per heavy atom. The highest BCUT2D eigenvalue weighted by molar-refractivity contribution is 6.46. The summed E-state index contributed by atoms with van der Waals surface area (Å²) in [4.78, 5) is 27.8. The van der Waals surface area contributed by atoms with E-state index >= 15 is 0 Å². The van der Waals surface area contributed by atoms with Gasteiger partial charge in [-0.2, -0.15) is 0 Å². The third kappa shape index (κ3) is 6.44. The molecule has 1 amide bonds. The highest BCUT2D eigenvalue weighted by Gasteiger charge is 2.45.